The number of halogens is 2. The number of ether oxygens (including phenoxy) is 1. The van der Waals surface area contributed by atoms with E-state index in [1.54, 1.807) is 23.1 Å². The predicted octanol–water partition coefficient (Wildman–Crippen LogP) is 4.38. The molecule has 1 N–H and O–H groups in total. The molecule has 0 aromatic heterocycles. The molecule has 2 aromatic carbocycles. The topological polar surface area (TPSA) is 58.6 Å². The number of carbonyl (C=O) groups is 2. The third-order valence-electron chi connectivity index (χ3n) is 4.14. The maximum absolute atomic E-state index is 12.5. The Balaban J connectivity index is 1.68. The zero-order valence-corrected chi connectivity index (χ0v) is 15.7. The van der Waals surface area contributed by atoms with Gasteiger partial charge in [0.1, 0.15) is 5.75 Å². The number of amides is 2. The number of carbonyl (C=O) groups excluding carboxylic acids is 2. The summed E-state index contributed by atoms with van der Waals surface area (Å²) in [6.45, 7) is 2.81. The fourth-order valence-electron chi connectivity index (χ4n) is 2.85. The van der Waals surface area contributed by atoms with Crippen molar-refractivity contribution in [3.05, 3.63) is 52.5 Å². The summed E-state index contributed by atoms with van der Waals surface area (Å²) in [5, 5.41) is 3.63. The first-order valence-electron chi connectivity index (χ1n) is 8.27. The van der Waals surface area contributed by atoms with Crippen molar-refractivity contribution in [1.29, 1.82) is 0 Å². The molecule has 1 atom stereocenters. The van der Waals surface area contributed by atoms with Gasteiger partial charge in [-0.3, -0.25) is 9.59 Å². The van der Waals surface area contributed by atoms with Crippen LogP contribution in [0.2, 0.25) is 10.0 Å². The van der Waals surface area contributed by atoms with E-state index in [1.165, 1.54) is 0 Å². The zero-order chi connectivity index (χ0) is 18.7. The molecule has 7 heteroatoms. The standard InChI is InChI=1S/C19H18Cl2N2O3/c1-2-26-15-6-4-14(5-7-15)23-11-12(9-18(23)24)19(25)22-17-10-13(20)3-8-16(17)21/h3-8,10,12H,2,9,11H2,1H3,(H,22,25)/t12-/m0/s1. The monoisotopic (exact) mass is 392 g/mol. The second-order valence-corrected chi connectivity index (χ2v) is 6.79. The summed E-state index contributed by atoms with van der Waals surface area (Å²) in [6.07, 6.45) is 0.150. The van der Waals surface area contributed by atoms with Crippen LogP contribution in [0.3, 0.4) is 0 Å². The number of rotatable bonds is 5. The Hall–Kier alpha value is -2.24. The highest BCUT2D eigenvalue weighted by molar-refractivity contribution is 6.35. The fourth-order valence-corrected chi connectivity index (χ4v) is 3.19. The van der Waals surface area contributed by atoms with Crippen molar-refractivity contribution < 1.29 is 14.3 Å². The van der Waals surface area contributed by atoms with Crippen LogP contribution in [-0.4, -0.2) is 25.0 Å². The average molecular weight is 393 g/mol. The van der Waals surface area contributed by atoms with Gasteiger partial charge in [-0.25, -0.2) is 0 Å². The molecular weight excluding hydrogens is 375 g/mol. The quantitative estimate of drug-likeness (QED) is 0.820. The molecule has 0 radical (unpaired) electrons. The maximum atomic E-state index is 12.5. The molecule has 0 bridgehead atoms. The van der Waals surface area contributed by atoms with Crippen LogP contribution in [0.15, 0.2) is 42.5 Å². The molecule has 1 aliphatic rings. The van der Waals surface area contributed by atoms with E-state index in [1.807, 2.05) is 31.2 Å². The lowest BCUT2D eigenvalue weighted by Gasteiger charge is -2.17. The minimum absolute atomic E-state index is 0.0912. The Labute approximate surface area is 161 Å². The Bertz CT molecular complexity index is 824. The van der Waals surface area contributed by atoms with Crippen LogP contribution in [0.25, 0.3) is 0 Å². The summed E-state index contributed by atoms with van der Waals surface area (Å²) in [4.78, 5) is 26.5. The number of anilines is 2. The minimum Gasteiger partial charge on any atom is -0.494 e. The van der Waals surface area contributed by atoms with E-state index in [4.69, 9.17) is 27.9 Å². The van der Waals surface area contributed by atoms with Crippen LogP contribution < -0.4 is 15.0 Å². The van der Waals surface area contributed by atoms with Gasteiger partial charge in [0.2, 0.25) is 11.8 Å². The van der Waals surface area contributed by atoms with Gasteiger partial charge in [-0.05, 0) is 49.4 Å². The van der Waals surface area contributed by atoms with Crippen molar-refractivity contribution in [2.75, 3.05) is 23.4 Å². The Morgan fingerprint density at radius 2 is 1.96 bits per heavy atom. The van der Waals surface area contributed by atoms with Crippen LogP contribution in [0.1, 0.15) is 13.3 Å². The normalized spacial score (nSPS) is 16.7. The van der Waals surface area contributed by atoms with Gasteiger partial charge in [-0.2, -0.15) is 0 Å². The van der Waals surface area contributed by atoms with E-state index in [2.05, 4.69) is 5.32 Å². The summed E-state index contributed by atoms with van der Waals surface area (Å²) in [6, 6.07) is 12.1. The molecule has 0 aliphatic carbocycles. The van der Waals surface area contributed by atoms with Gasteiger partial charge in [0.15, 0.2) is 0 Å². The Kier molecular flexibility index (Phi) is 5.69. The average Bonchev–Trinajstić information content (AvgIpc) is 3.01. The van der Waals surface area contributed by atoms with Gasteiger partial charge in [-0.15, -0.1) is 0 Å². The highest BCUT2D eigenvalue weighted by Gasteiger charge is 2.35. The molecule has 2 amide bonds. The van der Waals surface area contributed by atoms with Crippen molar-refractivity contribution in [2.45, 2.75) is 13.3 Å². The van der Waals surface area contributed by atoms with Crippen molar-refractivity contribution in [2.24, 2.45) is 5.92 Å². The highest BCUT2D eigenvalue weighted by Crippen LogP contribution is 2.30. The molecule has 1 saturated heterocycles. The van der Waals surface area contributed by atoms with Gasteiger partial charge in [0, 0.05) is 23.7 Å². The summed E-state index contributed by atoms with van der Waals surface area (Å²) < 4.78 is 5.41. The van der Waals surface area contributed by atoms with Gasteiger partial charge in [0.05, 0.1) is 23.2 Å². The molecule has 0 unspecified atom stereocenters. The fraction of sp³-hybridized carbons (Fsp3) is 0.263. The summed E-state index contributed by atoms with van der Waals surface area (Å²) in [7, 11) is 0. The van der Waals surface area contributed by atoms with E-state index in [-0.39, 0.29) is 18.2 Å². The number of hydrogen-bond acceptors (Lipinski definition) is 3. The van der Waals surface area contributed by atoms with Gasteiger partial charge in [0.25, 0.3) is 0 Å². The molecule has 1 aliphatic heterocycles. The summed E-state index contributed by atoms with van der Waals surface area (Å²) >= 11 is 12.0. The first kappa shape index (κ1) is 18.5. The lowest BCUT2D eigenvalue weighted by Crippen LogP contribution is -2.28. The minimum atomic E-state index is -0.455. The molecule has 0 saturated carbocycles. The molecule has 5 nitrogen and oxygen atoms in total. The molecule has 2 aromatic rings. The molecule has 136 valence electrons. The van der Waals surface area contributed by atoms with Crippen molar-refractivity contribution in [1.82, 2.24) is 0 Å². The molecule has 26 heavy (non-hydrogen) atoms. The third kappa shape index (κ3) is 4.11. The number of nitrogens with one attached hydrogen (secondary N) is 1. The lowest BCUT2D eigenvalue weighted by atomic mass is 10.1. The van der Waals surface area contributed by atoms with Crippen LogP contribution >= 0.6 is 23.2 Å². The summed E-state index contributed by atoms with van der Waals surface area (Å²) in [5.41, 5.74) is 1.19. The van der Waals surface area contributed by atoms with E-state index in [9.17, 15) is 9.59 Å². The van der Waals surface area contributed by atoms with E-state index in [0.717, 1.165) is 11.4 Å². The SMILES string of the molecule is CCOc1ccc(N2C[C@@H](C(=O)Nc3cc(Cl)ccc3Cl)CC2=O)cc1. The van der Waals surface area contributed by atoms with Crippen molar-refractivity contribution in [3.8, 4) is 5.75 Å². The number of nitrogens with zero attached hydrogens (tertiary/aromatic N) is 1. The maximum Gasteiger partial charge on any atom is 0.229 e. The molecule has 0 spiro atoms. The first-order chi connectivity index (χ1) is 12.5. The van der Waals surface area contributed by atoms with Gasteiger partial charge < -0.3 is 15.0 Å². The second-order valence-electron chi connectivity index (χ2n) is 5.95. The smallest absolute Gasteiger partial charge is 0.229 e. The van der Waals surface area contributed by atoms with E-state index < -0.39 is 5.92 Å². The highest BCUT2D eigenvalue weighted by atomic mass is 35.5. The third-order valence-corrected chi connectivity index (χ3v) is 4.71. The second kappa shape index (κ2) is 7.98. The van der Waals surface area contributed by atoms with Crippen molar-refractivity contribution in [3.63, 3.8) is 0 Å². The van der Waals surface area contributed by atoms with Crippen LogP contribution in [0.4, 0.5) is 11.4 Å². The first-order valence-corrected chi connectivity index (χ1v) is 9.02. The van der Waals surface area contributed by atoms with Crippen LogP contribution in [-0.2, 0) is 9.59 Å². The number of benzene rings is 2. The molecule has 1 heterocycles. The van der Waals surface area contributed by atoms with Crippen LogP contribution in [0.5, 0.6) is 5.75 Å². The largest absolute Gasteiger partial charge is 0.494 e. The summed E-state index contributed by atoms with van der Waals surface area (Å²) in [5.74, 6) is -0.0562. The molecule has 1 fully saturated rings. The van der Waals surface area contributed by atoms with E-state index >= 15 is 0 Å². The number of hydrogen-bond donors (Lipinski definition) is 1. The van der Waals surface area contributed by atoms with Gasteiger partial charge in [-0.1, -0.05) is 23.2 Å². The lowest BCUT2D eigenvalue weighted by molar-refractivity contribution is -0.122. The Morgan fingerprint density at radius 1 is 1.23 bits per heavy atom. The van der Waals surface area contributed by atoms with Crippen molar-refractivity contribution >= 4 is 46.4 Å². The Morgan fingerprint density at radius 3 is 2.65 bits per heavy atom. The zero-order valence-electron chi connectivity index (χ0n) is 14.2. The predicted molar refractivity (Wildman–Crippen MR) is 103 cm³/mol. The van der Waals surface area contributed by atoms with E-state index in [0.29, 0.717) is 28.9 Å². The molecular formula is C19H18Cl2N2O3. The molecule has 3 rings (SSSR count). The van der Waals surface area contributed by atoms with Crippen LogP contribution in [0, 0.1) is 5.92 Å². The van der Waals surface area contributed by atoms with Gasteiger partial charge >= 0.3 is 0 Å².